The van der Waals surface area contributed by atoms with Crippen LogP contribution >= 0.6 is 0 Å². The van der Waals surface area contributed by atoms with Gasteiger partial charge in [-0.2, -0.15) is 0 Å². The number of hydrogen-bond donors (Lipinski definition) is 0. The Morgan fingerprint density at radius 1 is 1.11 bits per heavy atom. The number of carbonyl (C=O) groups is 2. The van der Waals surface area contributed by atoms with Crippen molar-refractivity contribution in [3.63, 3.8) is 0 Å². The van der Waals surface area contributed by atoms with Crippen molar-refractivity contribution < 1.29 is 19.1 Å². The summed E-state index contributed by atoms with van der Waals surface area (Å²) in [4.78, 5) is 23.5. The Labute approximate surface area is 115 Å². The van der Waals surface area contributed by atoms with Gasteiger partial charge in [0.15, 0.2) is 0 Å². The van der Waals surface area contributed by atoms with E-state index in [0.29, 0.717) is 24.0 Å². The Balaban J connectivity index is 2.97. The molecule has 5 heteroatoms. The molecule has 106 valence electrons. The molecular weight excluding hydrogens is 260 g/mol. The minimum Gasteiger partial charge on any atom is -0.466 e. The molecule has 0 unspecified atom stereocenters. The topological polar surface area (TPSA) is 52.6 Å². The van der Waals surface area contributed by atoms with Crippen LogP contribution in [0, 0.1) is 0 Å². The second kappa shape index (κ2) is 6.19. The number of carbonyl (C=O) groups excluding carboxylic acids is 2. The van der Waals surface area contributed by atoms with Crippen LogP contribution in [0.4, 0.5) is 0 Å². The lowest BCUT2D eigenvalue weighted by atomic mass is 9.92. The zero-order chi connectivity index (χ0) is 14.6. The molecule has 0 heterocycles. The minimum atomic E-state index is -1.24. The molecule has 0 aromatic rings. The normalized spacial score (nSPS) is 15.9. The van der Waals surface area contributed by atoms with Gasteiger partial charge in [-0.1, -0.05) is 31.3 Å². The first-order valence-electron chi connectivity index (χ1n) is 6.35. The predicted octanol–water partition coefficient (Wildman–Crippen LogP) is 2.69. The third-order valence-electron chi connectivity index (χ3n) is 2.98. The van der Waals surface area contributed by atoms with Gasteiger partial charge in [-0.15, -0.1) is 0 Å². The van der Waals surface area contributed by atoms with E-state index in [2.05, 4.69) is 25.7 Å². The smallest absolute Gasteiger partial charge is 0.334 e. The molecule has 0 aliphatic heterocycles. The quantitative estimate of drug-likeness (QED) is 0.452. The molecule has 1 aliphatic carbocycles. The van der Waals surface area contributed by atoms with Crippen LogP contribution in [0.3, 0.4) is 0 Å². The van der Waals surface area contributed by atoms with Crippen molar-refractivity contribution in [2.75, 3.05) is 14.2 Å². The van der Waals surface area contributed by atoms with Crippen molar-refractivity contribution in [1.29, 1.82) is 0 Å². The van der Waals surface area contributed by atoms with Crippen LogP contribution in [0.2, 0.25) is 25.7 Å². The van der Waals surface area contributed by atoms with Gasteiger partial charge in [0.05, 0.1) is 25.4 Å². The van der Waals surface area contributed by atoms with Crippen LogP contribution in [0.25, 0.3) is 0 Å². The summed E-state index contributed by atoms with van der Waals surface area (Å²) in [6.07, 6.45) is 3.01. The molecular formula is C14H22O4Si. The van der Waals surface area contributed by atoms with Crippen LogP contribution in [-0.2, 0) is 19.1 Å². The molecule has 0 fully saturated rings. The van der Waals surface area contributed by atoms with E-state index in [1.165, 1.54) is 19.8 Å². The van der Waals surface area contributed by atoms with E-state index in [-0.39, 0.29) is 0 Å². The third-order valence-corrected chi connectivity index (χ3v) is 4.50. The summed E-state index contributed by atoms with van der Waals surface area (Å²) in [6, 6.07) is 1.03. The fourth-order valence-electron chi connectivity index (χ4n) is 2.24. The van der Waals surface area contributed by atoms with E-state index < -0.39 is 20.0 Å². The molecule has 0 N–H and O–H groups in total. The number of ether oxygens (including phenoxy) is 2. The van der Waals surface area contributed by atoms with Crippen LogP contribution in [0.15, 0.2) is 22.8 Å². The van der Waals surface area contributed by atoms with Gasteiger partial charge in [-0.05, 0) is 12.5 Å². The fraction of sp³-hybridized carbons (Fsp3) is 0.571. The van der Waals surface area contributed by atoms with E-state index in [4.69, 9.17) is 9.47 Å². The highest BCUT2D eigenvalue weighted by atomic mass is 28.3. The average Bonchev–Trinajstić information content (AvgIpc) is 2.35. The fourth-order valence-corrected chi connectivity index (χ4v) is 3.87. The lowest BCUT2D eigenvalue weighted by Gasteiger charge is -2.23. The SMILES string of the molecule is COC(=O)C1=C(C(=O)OC)CC(C[Si](C)(C)C)=CC1. The molecule has 0 amide bonds. The van der Waals surface area contributed by atoms with Crippen LogP contribution < -0.4 is 0 Å². The zero-order valence-corrected chi connectivity index (χ0v) is 13.3. The Bertz CT molecular complexity index is 441. The van der Waals surface area contributed by atoms with Crippen LogP contribution in [-0.4, -0.2) is 34.2 Å². The van der Waals surface area contributed by atoms with Gasteiger partial charge in [-0.3, -0.25) is 0 Å². The third kappa shape index (κ3) is 4.35. The Kier molecular flexibility index (Phi) is 5.11. The average molecular weight is 282 g/mol. The summed E-state index contributed by atoms with van der Waals surface area (Å²) in [7, 11) is 1.42. The maximum atomic E-state index is 11.8. The van der Waals surface area contributed by atoms with Gasteiger partial charge in [0.1, 0.15) is 0 Å². The molecule has 0 spiro atoms. The highest BCUT2D eigenvalue weighted by Gasteiger charge is 2.27. The van der Waals surface area contributed by atoms with Crippen LogP contribution in [0.5, 0.6) is 0 Å². The summed E-state index contributed by atoms with van der Waals surface area (Å²) in [5.41, 5.74) is 2.10. The van der Waals surface area contributed by atoms with Crippen molar-refractivity contribution in [3.8, 4) is 0 Å². The monoisotopic (exact) mass is 282 g/mol. The number of hydrogen-bond acceptors (Lipinski definition) is 4. The molecule has 1 rings (SSSR count). The summed E-state index contributed by atoms with van der Waals surface area (Å²) in [6.45, 7) is 6.85. The summed E-state index contributed by atoms with van der Waals surface area (Å²) < 4.78 is 9.50. The van der Waals surface area contributed by atoms with Crippen molar-refractivity contribution in [2.24, 2.45) is 0 Å². The van der Waals surface area contributed by atoms with Gasteiger partial charge in [0, 0.05) is 14.5 Å². The maximum absolute atomic E-state index is 11.8. The molecule has 0 atom stereocenters. The van der Waals surface area contributed by atoms with Gasteiger partial charge < -0.3 is 9.47 Å². The number of esters is 2. The highest BCUT2D eigenvalue weighted by Crippen LogP contribution is 2.31. The van der Waals surface area contributed by atoms with Gasteiger partial charge >= 0.3 is 11.9 Å². The first-order valence-corrected chi connectivity index (χ1v) is 10.1. The molecule has 0 saturated carbocycles. The summed E-state index contributed by atoms with van der Waals surface area (Å²) in [5.74, 6) is -0.870. The predicted molar refractivity (Wildman–Crippen MR) is 76.5 cm³/mol. The van der Waals surface area contributed by atoms with E-state index in [1.54, 1.807) is 0 Å². The number of methoxy groups -OCH3 is 2. The molecule has 0 bridgehead atoms. The van der Waals surface area contributed by atoms with Crippen molar-refractivity contribution in [3.05, 3.63) is 22.8 Å². The molecule has 0 saturated heterocycles. The van der Waals surface area contributed by atoms with Gasteiger partial charge in [0.25, 0.3) is 0 Å². The van der Waals surface area contributed by atoms with Crippen molar-refractivity contribution in [2.45, 2.75) is 38.5 Å². The first kappa shape index (κ1) is 15.7. The molecule has 0 aromatic carbocycles. The van der Waals surface area contributed by atoms with E-state index >= 15 is 0 Å². The van der Waals surface area contributed by atoms with E-state index in [9.17, 15) is 9.59 Å². The molecule has 0 aromatic heterocycles. The van der Waals surface area contributed by atoms with E-state index in [0.717, 1.165) is 6.04 Å². The zero-order valence-electron chi connectivity index (χ0n) is 12.3. The highest BCUT2D eigenvalue weighted by molar-refractivity contribution is 6.76. The lowest BCUT2D eigenvalue weighted by molar-refractivity contribution is -0.139. The second-order valence-corrected chi connectivity index (χ2v) is 11.4. The summed E-state index contributed by atoms with van der Waals surface area (Å²) in [5, 5.41) is 0. The van der Waals surface area contributed by atoms with E-state index in [1.807, 2.05) is 0 Å². The largest absolute Gasteiger partial charge is 0.466 e. The molecule has 1 aliphatic rings. The van der Waals surface area contributed by atoms with Gasteiger partial charge in [-0.25, -0.2) is 9.59 Å². The second-order valence-electron chi connectivity index (χ2n) is 5.92. The number of allylic oxidation sites excluding steroid dienone is 2. The molecule has 0 radical (unpaired) electrons. The van der Waals surface area contributed by atoms with Crippen molar-refractivity contribution in [1.82, 2.24) is 0 Å². The minimum absolute atomic E-state index is 0.425. The van der Waals surface area contributed by atoms with Crippen LogP contribution in [0.1, 0.15) is 12.8 Å². The lowest BCUT2D eigenvalue weighted by Crippen LogP contribution is -2.23. The number of rotatable bonds is 4. The van der Waals surface area contributed by atoms with Gasteiger partial charge in [0.2, 0.25) is 0 Å². The molecule has 4 nitrogen and oxygen atoms in total. The summed E-state index contributed by atoms with van der Waals surface area (Å²) >= 11 is 0. The maximum Gasteiger partial charge on any atom is 0.334 e. The Hall–Kier alpha value is -1.36. The first-order chi connectivity index (χ1) is 8.78. The standard InChI is InChI=1S/C14H22O4Si/c1-17-13(15)11-7-6-10(9-19(3,4)5)8-12(11)14(16)18-2/h6H,7-9H2,1-5H3. The Morgan fingerprint density at radius 3 is 2.11 bits per heavy atom. The van der Waals surface area contributed by atoms with Crippen molar-refractivity contribution >= 4 is 20.0 Å². The molecule has 19 heavy (non-hydrogen) atoms. The Morgan fingerprint density at radius 2 is 1.63 bits per heavy atom.